The maximum absolute atomic E-state index is 14.1. The quantitative estimate of drug-likeness (QED) is 0.510. The summed E-state index contributed by atoms with van der Waals surface area (Å²) in [6.45, 7) is 0.377. The van der Waals surface area contributed by atoms with Crippen LogP contribution in [0.25, 0.3) is 11.3 Å². The Hall–Kier alpha value is -3.81. The van der Waals surface area contributed by atoms with Gasteiger partial charge in [-0.2, -0.15) is 5.10 Å². The standard InChI is InChI=1S/C22H16F2N4O2/c23-16-6-3-7-17(24)21(16)18-12-20(30-26-18)22(29)27-13-15(28-10-4-9-25-28)11-14-5-1-2-8-19(14)27/h1-10,12,15H,11,13H2. The zero-order valence-corrected chi connectivity index (χ0v) is 15.7. The summed E-state index contributed by atoms with van der Waals surface area (Å²) in [7, 11) is 0. The van der Waals surface area contributed by atoms with Crippen LogP contribution in [0.4, 0.5) is 14.5 Å². The summed E-state index contributed by atoms with van der Waals surface area (Å²) in [6, 6.07) is 14.2. The van der Waals surface area contributed by atoms with Gasteiger partial charge in [-0.15, -0.1) is 0 Å². The number of carbonyl (C=O) groups is 1. The van der Waals surface area contributed by atoms with Crippen LogP contribution in [-0.4, -0.2) is 27.4 Å². The van der Waals surface area contributed by atoms with E-state index in [2.05, 4.69) is 10.3 Å². The number of carbonyl (C=O) groups excluding carboxylic acids is 1. The van der Waals surface area contributed by atoms with E-state index in [-0.39, 0.29) is 23.1 Å². The number of fused-ring (bicyclic) bond motifs is 1. The Balaban J connectivity index is 1.51. The summed E-state index contributed by atoms with van der Waals surface area (Å²) in [5, 5.41) is 8.03. The monoisotopic (exact) mass is 406 g/mol. The van der Waals surface area contributed by atoms with Crippen LogP contribution >= 0.6 is 0 Å². The second-order valence-corrected chi connectivity index (χ2v) is 7.06. The Morgan fingerprint density at radius 3 is 2.63 bits per heavy atom. The SMILES string of the molecule is O=C(c1cc(-c2c(F)cccc2F)no1)N1CC(n2cccn2)Cc2ccccc21. The van der Waals surface area contributed by atoms with E-state index >= 15 is 0 Å². The Morgan fingerprint density at radius 1 is 1.07 bits per heavy atom. The first-order valence-corrected chi connectivity index (χ1v) is 9.42. The lowest BCUT2D eigenvalue weighted by molar-refractivity contribution is 0.0944. The Morgan fingerprint density at radius 2 is 1.87 bits per heavy atom. The van der Waals surface area contributed by atoms with Gasteiger partial charge in [-0.3, -0.25) is 9.48 Å². The number of rotatable bonds is 3. The molecule has 0 bridgehead atoms. The number of hydrogen-bond donors (Lipinski definition) is 0. The fourth-order valence-electron chi connectivity index (χ4n) is 3.81. The summed E-state index contributed by atoms with van der Waals surface area (Å²) in [6.07, 6.45) is 4.27. The summed E-state index contributed by atoms with van der Waals surface area (Å²) < 4.78 is 35.2. The van der Waals surface area contributed by atoms with Crippen LogP contribution in [0.5, 0.6) is 0 Å². The third kappa shape index (κ3) is 3.06. The molecule has 5 rings (SSSR count). The fraction of sp³-hybridized carbons (Fsp3) is 0.136. The predicted octanol–water partition coefficient (Wildman–Crippen LogP) is 4.26. The van der Waals surface area contributed by atoms with Gasteiger partial charge in [0.05, 0.1) is 11.6 Å². The summed E-state index contributed by atoms with van der Waals surface area (Å²) >= 11 is 0. The molecule has 0 saturated heterocycles. The van der Waals surface area contributed by atoms with Gasteiger partial charge in [-0.1, -0.05) is 29.4 Å². The minimum absolute atomic E-state index is 0.0507. The molecule has 6 nitrogen and oxygen atoms in total. The highest BCUT2D eigenvalue weighted by atomic mass is 19.1. The molecule has 1 aliphatic rings. The van der Waals surface area contributed by atoms with Crippen molar-refractivity contribution in [2.45, 2.75) is 12.5 Å². The van der Waals surface area contributed by atoms with E-state index in [0.717, 1.165) is 29.8 Å². The minimum Gasteiger partial charge on any atom is -0.350 e. The van der Waals surface area contributed by atoms with E-state index in [0.29, 0.717) is 6.54 Å². The van der Waals surface area contributed by atoms with Gasteiger partial charge < -0.3 is 9.42 Å². The number of anilines is 1. The van der Waals surface area contributed by atoms with Gasteiger partial charge in [0.1, 0.15) is 17.3 Å². The van der Waals surface area contributed by atoms with Gasteiger partial charge in [0.15, 0.2) is 0 Å². The number of para-hydroxylation sites is 1. The molecule has 0 aliphatic carbocycles. The van der Waals surface area contributed by atoms with Gasteiger partial charge >= 0.3 is 0 Å². The van der Waals surface area contributed by atoms with E-state index in [4.69, 9.17) is 4.52 Å². The molecule has 0 N–H and O–H groups in total. The number of aromatic nitrogens is 3. The van der Waals surface area contributed by atoms with Crippen molar-refractivity contribution in [3.05, 3.63) is 89.9 Å². The molecule has 30 heavy (non-hydrogen) atoms. The van der Waals surface area contributed by atoms with Crippen molar-refractivity contribution in [3.63, 3.8) is 0 Å². The number of halogens is 2. The maximum Gasteiger partial charge on any atom is 0.296 e. The molecular weight excluding hydrogens is 390 g/mol. The second kappa shape index (κ2) is 7.22. The molecule has 8 heteroatoms. The van der Waals surface area contributed by atoms with Crippen LogP contribution < -0.4 is 4.90 Å². The first kappa shape index (κ1) is 18.2. The van der Waals surface area contributed by atoms with E-state index in [9.17, 15) is 13.6 Å². The largest absolute Gasteiger partial charge is 0.350 e. The second-order valence-electron chi connectivity index (χ2n) is 7.06. The van der Waals surface area contributed by atoms with Crippen LogP contribution in [-0.2, 0) is 6.42 Å². The summed E-state index contributed by atoms with van der Waals surface area (Å²) in [5.74, 6) is -2.08. The average Bonchev–Trinajstić information content (AvgIpc) is 3.45. The van der Waals surface area contributed by atoms with E-state index in [1.165, 1.54) is 12.1 Å². The molecule has 2 aromatic heterocycles. The van der Waals surface area contributed by atoms with E-state index in [1.807, 2.05) is 41.2 Å². The normalized spacial score (nSPS) is 15.8. The van der Waals surface area contributed by atoms with Crippen LogP contribution in [0.1, 0.15) is 22.2 Å². The lowest BCUT2D eigenvalue weighted by atomic mass is 9.97. The van der Waals surface area contributed by atoms with Crippen molar-refractivity contribution >= 4 is 11.6 Å². The molecule has 3 heterocycles. The van der Waals surface area contributed by atoms with Crippen molar-refractivity contribution in [2.24, 2.45) is 0 Å². The maximum atomic E-state index is 14.1. The minimum atomic E-state index is -0.774. The Bertz CT molecular complexity index is 1200. The van der Waals surface area contributed by atoms with Crippen molar-refractivity contribution in [1.29, 1.82) is 0 Å². The van der Waals surface area contributed by atoms with Crippen LogP contribution in [0.3, 0.4) is 0 Å². The highest BCUT2D eigenvalue weighted by Gasteiger charge is 2.32. The topological polar surface area (TPSA) is 64.2 Å². The lowest BCUT2D eigenvalue weighted by Crippen LogP contribution is -2.41. The van der Waals surface area contributed by atoms with E-state index < -0.39 is 17.5 Å². The Labute approximate surface area is 170 Å². The van der Waals surface area contributed by atoms with Crippen LogP contribution in [0, 0.1) is 11.6 Å². The van der Waals surface area contributed by atoms with Crippen molar-refractivity contribution in [1.82, 2.24) is 14.9 Å². The van der Waals surface area contributed by atoms with Crippen molar-refractivity contribution < 1.29 is 18.1 Å². The lowest BCUT2D eigenvalue weighted by Gasteiger charge is -2.34. The summed E-state index contributed by atoms with van der Waals surface area (Å²) in [5.41, 5.74) is 1.37. The number of hydrogen-bond acceptors (Lipinski definition) is 4. The first-order valence-electron chi connectivity index (χ1n) is 9.42. The summed E-state index contributed by atoms with van der Waals surface area (Å²) in [4.78, 5) is 14.9. The smallest absolute Gasteiger partial charge is 0.296 e. The zero-order valence-electron chi connectivity index (χ0n) is 15.7. The number of benzene rings is 2. The third-order valence-electron chi connectivity index (χ3n) is 5.22. The number of nitrogens with zero attached hydrogens (tertiary/aromatic N) is 4. The van der Waals surface area contributed by atoms with Gasteiger partial charge in [-0.25, -0.2) is 8.78 Å². The van der Waals surface area contributed by atoms with Crippen molar-refractivity contribution in [3.8, 4) is 11.3 Å². The van der Waals surface area contributed by atoms with Crippen LogP contribution in [0.15, 0.2) is 71.5 Å². The molecule has 0 spiro atoms. The predicted molar refractivity (Wildman–Crippen MR) is 105 cm³/mol. The Kier molecular flexibility index (Phi) is 4.39. The molecule has 1 unspecified atom stereocenters. The molecule has 0 saturated carbocycles. The van der Waals surface area contributed by atoms with Crippen molar-refractivity contribution in [2.75, 3.05) is 11.4 Å². The number of amides is 1. The van der Waals surface area contributed by atoms with Crippen LogP contribution in [0.2, 0.25) is 0 Å². The van der Waals surface area contributed by atoms with Gasteiger partial charge in [0.2, 0.25) is 5.76 Å². The first-order chi connectivity index (χ1) is 14.6. The highest BCUT2D eigenvalue weighted by Crippen LogP contribution is 2.33. The molecule has 1 aliphatic heterocycles. The fourth-order valence-corrected chi connectivity index (χ4v) is 3.81. The molecule has 150 valence electrons. The molecule has 0 fully saturated rings. The molecule has 4 aromatic rings. The molecular formula is C22H16F2N4O2. The van der Waals surface area contributed by atoms with E-state index in [1.54, 1.807) is 11.1 Å². The molecule has 1 atom stereocenters. The molecule has 1 amide bonds. The van der Waals surface area contributed by atoms with Gasteiger partial charge in [0.25, 0.3) is 5.91 Å². The zero-order chi connectivity index (χ0) is 20.7. The molecule has 0 radical (unpaired) electrons. The highest BCUT2D eigenvalue weighted by molar-refractivity contribution is 6.05. The van der Waals surface area contributed by atoms with Gasteiger partial charge in [-0.05, 0) is 36.2 Å². The van der Waals surface area contributed by atoms with Gasteiger partial charge in [0, 0.05) is 30.7 Å². The average molecular weight is 406 g/mol. The molecule has 2 aromatic carbocycles. The third-order valence-corrected chi connectivity index (χ3v) is 5.22.